The highest BCUT2D eigenvalue weighted by Crippen LogP contribution is 2.14. The third-order valence-electron chi connectivity index (χ3n) is 2.04. The van der Waals surface area contributed by atoms with Crippen LogP contribution in [0.25, 0.3) is 0 Å². The van der Waals surface area contributed by atoms with Gasteiger partial charge in [0.25, 0.3) is 0 Å². The number of benzene rings is 1. The SMILES string of the molecule is COCC(O)CNc1ccccc1C(=O)O. The van der Waals surface area contributed by atoms with Gasteiger partial charge in [-0.15, -0.1) is 0 Å². The topological polar surface area (TPSA) is 78.8 Å². The Morgan fingerprint density at radius 3 is 2.81 bits per heavy atom. The predicted octanol–water partition coefficient (Wildman–Crippen LogP) is 0.804. The van der Waals surface area contributed by atoms with Gasteiger partial charge >= 0.3 is 5.97 Å². The standard InChI is InChI=1S/C11H15NO4/c1-16-7-8(13)6-12-10-5-3-2-4-9(10)11(14)15/h2-5,8,12-13H,6-7H2,1H3,(H,14,15). The van der Waals surface area contributed by atoms with E-state index < -0.39 is 12.1 Å². The fraction of sp³-hybridized carbons (Fsp3) is 0.364. The molecule has 5 heteroatoms. The Labute approximate surface area is 93.7 Å². The smallest absolute Gasteiger partial charge is 0.337 e. The van der Waals surface area contributed by atoms with E-state index in [4.69, 9.17) is 9.84 Å². The van der Waals surface area contributed by atoms with Crippen molar-refractivity contribution in [1.82, 2.24) is 0 Å². The molecule has 88 valence electrons. The van der Waals surface area contributed by atoms with E-state index in [9.17, 15) is 9.90 Å². The molecular weight excluding hydrogens is 210 g/mol. The van der Waals surface area contributed by atoms with Crippen LogP contribution in [0.5, 0.6) is 0 Å². The van der Waals surface area contributed by atoms with E-state index >= 15 is 0 Å². The highest BCUT2D eigenvalue weighted by Gasteiger charge is 2.10. The van der Waals surface area contributed by atoms with Crippen LogP contribution in [0.15, 0.2) is 24.3 Å². The Morgan fingerprint density at radius 2 is 2.19 bits per heavy atom. The van der Waals surface area contributed by atoms with Crippen molar-refractivity contribution in [3.63, 3.8) is 0 Å². The number of hydrogen-bond donors (Lipinski definition) is 3. The Balaban J connectivity index is 2.63. The van der Waals surface area contributed by atoms with Gasteiger partial charge in [-0.1, -0.05) is 12.1 Å². The van der Waals surface area contributed by atoms with Crippen LogP contribution < -0.4 is 5.32 Å². The molecule has 1 aromatic rings. The number of anilines is 1. The quantitative estimate of drug-likeness (QED) is 0.667. The lowest BCUT2D eigenvalue weighted by Gasteiger charge is -2.13. The molecule has 0 aliphatic heterocycles. The van der Waals surface area contributed by atoms with Crippen LogP contribution in [-0.2, 0) is 4.74 Å². The molecule has 0 aliphatic rings. The molecule has 0 amide bonds. The van der Waals surface area contributed by atoms with Crippen LogP contribution in [0.2, 0.25) is 0 Å². The molecule has 0 spiro atoms. The van der Waals surface area contributed by atoms with E-state index in [1.165, 1.54) is 13.2 Å². The predicted molar refractivity (Wildman–Crippen MR) is 59.8 cm³/mol. The number of hydrogen-bond acceptors (Lipinski definition) is 4. The van der Waals surface area contributed by atoms with Crippen molar-refractivity contribution in [3.8, 4) is 0 Å². The van der Waals surface area contributed by atoms with Crippen molar-refractivity contribution in [2.24, 2.45) is 0 Å². The molecule has 5 nitrogen and oxygen atoms in total. The number of ether oxygens (including phenoxy) is 1. The molecular formula is C11H15NO4. The number of carboxylic acid groups (broad SMARTS) is 1. The highest BCUT2D eigenvalue weighted by molar-refractivity contribution is 5.94. The Morgan fingerprint density at radius 1 is 1.50 bits per heavy atom. The first-order valence-corrected chi connectivity index (χ1v) is 4.88. The minimum Gasteiger partial charge on any atom is -0.478 e. The van der Waals surface area contributed by atoms with Crippen LogP contribution in [0.3, 0.4) is 0 Å². The van der Waals surface area contributed by atoms with E-state index in [-0.39, 0.29) is 18.7 Å². The molecule has 0 heterocycles. The molecule has 3 N–H and O–H groups in total. The van der Waals surface area contributed by atoms with Crippen molar-refractivity contribution >= 4 is 11.7 Å². The molecule has 1 aromatic carbocycles. The van der Waals surface area contributed by atoms with Crippen molar-refractivity contribution in [3.05, 3.63) is 29.8 Å². The molecule has 0 fully saturated rings. The molecule has 0 radical (unpaired) electrons. The number of carbonyl (C=O) groups is 1. The van der Waals surface area contributed by atoms with Gasteiger partial charge < -0.3 is 20.3 Å². The number of rotatable bonds is 6. The van der Waals surface area contributed by atoms with E-state index in [0.29, 0.717) is 5.69 Å². The number of nitrogens with one attached hydrogen (secondary N) is 1. The lowest BCUT2D eigenvalue weighted by molar-refractivity contribution is 0.0693. The summed E-state index contributed by atoms with van der Waals surface area (Å²) in [5.74, 6) is -0.996. The zero-order chi connectivity index (χ0) is 12.0. The van der Waals surface area contributed by atoms with Crippen LogP contribution in [0, 0.1) is 0 Å². The number of aromatic carboxylic acids is 1. The number of para-hydroxylation sites is 1. The van der Waals surface area contributed by atoms with Crippen molar-refractivity contribution in [1.29, 1.82) is 0 Å². The monoisotopic (exact) mass is 225 g/mol. The van der Waals surface area contributed by atoms with Gasteiger partial charge in [0, 0.05) is 19.3 Å². The zero-order valence-electron chi connectivity index (χ0n) is 9.01. The van der Waals surface area contributed by atoms with Gasteiger partial charge in [-0.2, -0.15) is 0 Å². The molecule has 0 aromatic heterocycles. The molecule has 16 heavy (non-hydrogen) atoms. The molecule has 0 bridgehead atoms. The average Bonchev–Trinajstić information content (AvgIpc) is 2.27. The second-order valence-electron chi connectivity index (χ2n) is 3.34. The maximum Gasteiger partial charge on any atom is 0.337 e. The molecule has 0 aliphatic carbocycles. The van der Waals surface area contributed by atoms with Crippen LogP contribution in [-0.4, -0.2) is 42.5 Å². The van der Waals surface area contributed by atoms with E-state index in [2.05, 4.69) is 5.32 Å². The fourth-order valence-corrected chi connectivity index (χ4v) is 1.30. The number of methoxy groups -OCH3 is 1. The van der Waals surface area contributed by atoms with Gasteiger partial charge in [-0.25, -0.2) is 4.79 Å². The first kappa shape index (κ1) is 12.5. The second-order valence-corrected chi connectivity index (χ2v) is 3.34. The van der Waals surface area contributed by atoms with Crippen LogP contribution in [0.4, 0.5) is 5.69 Å². The highest BCUT2D eigenvalue weighted by atomic mass is 16.5. The van der Waals surface area contributed by atoms with Crippen LogP contribution in [0.1, 0.15) is 10.4 Å². The fourth-order valence-electron chi connectivity index (χ4n) is 1.30. The third-order valence-corrected chi connectivity index (χ3v) is 2.04. The lowest BCUT2D eigenvalue weighted by atomic mass is 10.2. The summed E-state index contributed by atoms with van der Waals surface area (Å²) in [6.07, 6.45) is -0.660. The van der Waals surface area contributed by atoms with Crippen molar-refractivity contribution < 1.29 is 19.7 Å². The van der Waals surface area contributed by atoms with Crippen molar-refractivity contribution in [2.45, 2.75) is 6.10 Å². The second kappa shape index (κ2) is 6.09. The molecule has 1 rings (SSSR count). The molecule has 0 saturated heterocycles. The average molecular weight is 225 g/mol. The van der Waals surface area contributed by atoms with Gasteiger partial charge in [-0.3, -0.25) is 0 Å². The van der Waals surface area contributed by atoms with Gasteiger partial charge in [0.2, 0.25) is 0 Å². The molecule has 1 atom stereocenters. The lowest BCUT2D eigenvalue weighted by Crippen LogP contribution is -2.24. The normalized spacial score (nSPS) is 12.1. The summed E-state index contributed by atoms with van der Waals surface area (Å²) in [4.78, 5) is 10.9. The molecule has 1 unspecified atom stereocenters. The summed E-state index contributed by atoms with van der Waals surface area (Å²) in [6, 6.07) is 6.55. The Kier molecular flexibility index (Phi) is 4.75. The van der Waals surface area contributed by atoms with Crippen molar-refractivity contribution in [2.75, 3.05) is 25.6 Å². The van der Waals surface area contributed by atoms with Gasteiger partial charge in [0.15, 0.2) is 0 Å². The van der Waals surface area contributed by atoms with Gasteiger partial charge in [0.05, 0.1) is 18.3 Å². The summed E-state index contributed by atoms with van der Waals surface area (Å²) in [7, 11) is 1.49. The maximum absolute atomic E-state index is 10.9. The first-order chi connectivity index (χ1) is 7.65. The van der Waals surface area contributed by atoms with Crippen LogP contribution >= 0.6 is 0 Å². The summed E-state index contributed by atoms with van der Waals surface area (Å²) in [5, 5.41) is 21.2. The number of aliphatic hydroxyl groups excluding tert-OH is 1. The molecule has 0 saturated carbocycles. The first-order valence-electron chi connectivity index (χ1n) is 4.88. The van der Waals surface area contributed by atoms with Gasteiger partial charge in [0.1, 0.15) is 0 Å². The minimum absolute atomic E-state index is 0.187. The van der Waals surface area contributed by atoms with E-state index in [1.807, 2.05) is 0 Å². The maximum atomic E-state index is 10.9. The zero-order valence-corrected chi connectivity index (χ0v) is 9.01. The third kappa shape index (κ3) is 3.52. The summed E-state index contributed by atoms with van der Waals surface area (Å²) in [5.41, 5.74) is 0.678. The number of carboxylic acids is 1. The largest absolute Gasteiger partial charge is 0.478 e. The Hall–Kier alpha value is -1.59. The van der Waals surface area contributed by atoms with E-state index in [1.54, 1.807) is 18.2 Å². The number of aliphatic hydroxyl groups is 1. The van der Waals surface area contributed by atoms with E-state index in [0.717, 1.165) is 0 Å². The van der Waals surface area contributed by atoms with Gasteiger partial charge in [-0.05, 0) is 12.1 Å². The Bertz CT molecular complexity index is 354. The summed E-state index contributed by atoms with van der Waals surface area (Å²) in [6.45, 7) is 0.459. The minimum atomic E-state index is -0.996. The summed E-state index contributed by atoms with van der Waals surface area (Å²) < 4.78 is 4.76. The summed E-state index contributed by atoms with van der Waals surface area (Å²) >= 11 is 0.